The molecular weight excluding hydrogens is 408 g/mol. The van der Waals surface area contributed by atoms with E-state index >= 15 is 0 Å². The van der Waals surface area contributed by atoms with Gasteiger partial charge in [-0.05, 0) is 36.5 Å². The molecule has 0 bridgehead atoms. The van der Waals surface area contributed by atoms with Crippen LogP contribution >= 0.6 is 11.8 Å². The van der Waals surface area contributed by atoms with Gasteiger partial charge >= 0.3 is 0 Å². The third-order valence-corrected chi connectivity index (χ3v) is 6.69. The van der Waals surface area contributed by atoms with Crippen LogP contribution < -0.4 is 5.32 Å². The van der Waals surface area contributed by atoms with Crippen LogP contribution in [0.4, 0.5) is 0 Å². The predicted octanol–water partition coefficient (Wildman–Crippen LogP) is 3.70. The number of para-hydroxylation sites is 2. The van der Waals surface area contributed by atoms with Gasteiger partial charge in [-0.15, -0.1) is 0 Å². The topological polar surface area (TPSA) is 67.2 Å². The van der Waals surface area contributed by atoms with E-state index in [1.165, 1.54) is 11.8 Å². The second kappa shape index (κ2) is 10.0. The van der Waals surface area contributed by atoms with Crippen molar-refractivity contribution in [2.24, 2.45) is 5.92 Å². The molecule has 0 unspecified atom stereocenters. The zero-order chi connectivity index (χ0) is 21.6. The van der Waals surface area contributed by atoms with Gasteiger partial charge in [-0.3, -0.25) is 9.59 Å². The molecule has 1 aliphatic heterocycles. The first kappa shape index (κ1) is 21.4. The summed E-state index contributed by atoms with van der Waals surface area (Å²) in [6.07, 6.45) is 2.11. The fraction of sp³-hybridized carbons (Fsp3) is 0.375. The molecule has 1 fully saturated rings. The Labute approximate surface area is 187 Å². The third kappa shape index (κ3) is 5.47. The summed E-state index contributed by atoms with van der Waals surface area (Å²) in [4.78, 5) is 32.0. The molecule has 2 amide bonds. The lowest BCUT2D eigenvalue weighted by molar-refractivity contribution is -0.133. The Morgan fingerprint density at radius 3 is 2.55 bits per heavy atom. The molecule has 2 heterocycles. The molecule has 2 aromatic carbocycles. The Morgan fingerprint density at radius 1 is 1.06 bits per heavy atom. The molecular formula is C24H28N4O2S. The van der Waals surface area contributed by atoms with Crippen LogP contribution in [0.2, 0.25) is 0 Å². The number of thioether (sulfide) groups is 1. The van der Waals surface area contributed by atoms with Crippen LogP contribution in [0.1, 0.15) is 25.3 Å². The molecule has 0 atom stereocenters. The summed E-state index contributed by atoms with van der Waals surface area (Å²) in [7, 11) is 0. The molecule has 0 saturated carbocycles. The SMILES string of the molecule is CC1CCN(C(=O)Cn2c(SCC(=O)NCc3ccccc3)nc3ccccc32)CC1. The van der Waals surface area contributed by atoms with Crippen LogP contribution in [0.25, 0.3) is 11.0 Å². The maximum atomic E-state index is 13.0. The maximum Gasteiger partial charge on any atom is 0.242 e. The number of carbonyl (C=O) groups is 2. The molecule has 1 saturated heterocycles. The summed E-state index contributed by atoms with van der Waals surface area (Å²) in [6.45, 7) is 4.63. The Balaban J connectivity index is 1.42. The first-order valence-corrected chi connectivity index (χ1v) is 11.7. The van der Waals surface area contributed by atoms with Gasteiger partial charge in [0.2, 0.25) is 11.8 Å². The summed E-state index contributed by atoms with van der Waals surface area (Å²) in [5.41, 5.74) is 2.83. The smallest absolute Gasteiger partial charge is 0.242 e. The average molecular weight is 437 g/mol. The van der Waals surface area contributed by atoms with Crippen molar-refractivity contribution in [3.8, 4) is 0 Å². The Bertz CT molecular complexity index is 1040. The minimum absolute atomic E-state index is 0.0520. The number of nitrogens with one attached hydrogen (secondary N) is 1. The molecule has 31 heavy (non-hydrogen) atoms. The molecule has 6 nitrogen and oxygen atoms in total. The third-order valence-electron chi connectivity index (χ3n) is 5.71. The number of imidazole rings is 1. The number of rotatable bonds is 7. The van der Waals surface area contributed by atoms with Gasteiger partial charge in [-0.2, -0.15) is 0 Å². The van der Waals surface area contributed by atoms with Crippen molar-refractivity contribution in [1.82, 2.24) is 19.8 Å². The fourth-order valence-electron chi connectivity index (χ4n) is 3.79. The van der Waals surface area contributed by atoms with Crippen LogP contribution in [0.3, 0.4) is 0 Å². The lowest BCUT2D eigenvalue weighted by atomic mass is 9.99. The van der Waals surface area contributed by atoms with E-state index in [0.717, 1.165) is 42.5 Å². The largest absolute Gasteiger partial charge is 0.351 e. The van der Waals surface area contributed by atoms with Gasteiger partial charge in [0.05, 0.1) is 16.8 Å². The van der Waals surface area contributed by atoms with E-state index in [-0.39, 0.29) is 24.1 Å². The standard InChI is InChI=1S/C24H28N4O2S/c1-18-11-13-27(14-12-18)23(30)16-28-21-10-6-5-9-20(21)26-24(28)31-17-22(29)25-15-19-7-3-2-4-8-19/h2-10,18H,11-17H2,1H3,(H,25,29). The number of likely N-dealkylation sites (tertiary alicyclic amines) is 1. The van der Waals surface area contributed by atoms with Crippen molar-refractivity contribution in [2.45, 2.75) is 38.0 Å². The zero-order valence-corrected chi connectivity index (χ0v) is 18.6. The lowest BCUT2D eigenvalue weighted by Crippen LogP contribution is -2.39. The van der Waals surface area contributed by atoms with Crippen molar-refractivity contribution in [3.63, 3.8) is 0 Å². The number of nitrogens with zero attached hydrogens (tertiary/aromatic N) is 3. The Hall–Kier alpha value is -2.80. The molecule has 4 rings (SSSR count). The number of hydrogen-bond donors (Lipinski definition) is 1. The van der Waals surface area contributed by atoms with Gasteiger partial charge < -0.3 is 14.8 Å². The second-order valence-electron chi connectivity index (χ2n) is 8.08. The van der Waals surface area contributed by atoms with E-state index in [9.17, 15) is 9.59 Å². The van der Waals surface area contributed by atoms with Gasteiger partial charge in [0.25, 0.3) is 0 Å². The minimum atomic E-state index is -0.0520. The van der Waals surface area contributed by atoms with Crippen molar-refractivity contribution in [3.05, 3.63) is 60.2 Å². The first-order valence-electron chi connectivity index (χ1n) is 10.8. The van der Waals surface area contributed by atoms with Crippen LogP contribution in [-0.4, -0.2) is 45.1 Å². The Morgan fingerprint density at radius 2 is 1.77 bits per heavy atom. The highest BCUT2D eigenvalue weighted by Gasteiger charge is 2.22. The lowest BCUT2D eigenvalue weighted by Gasteiger charge is -2.30. The summed E-state index contributed by atoms with van der Waals surface area (Å²) >= 11 is 1.37. The molecule has 3 aromatic rings. The molecule has 1 aromatic heterocycles. The van der Waals surface area contributed by atoms with E-state index in [2.05, 4.69) is 17.2 Å². The van der Waals surface area contributed by atoms with Gasteiger partial charge in [0.1, 0.15) is 6.54 Å². The van der Waals surface area contributed by atoms with E-state index in [4.69, 9.17) is 0 Å². The zero-order valence-electron chi connectivity index (χ0n) is 17.8. The molecule has 1 aliphatic rings. The quantitative estimate of drug-likeness (QED) is 0.574. The van der Waals surface area contributed by atoms with E-state index < -0.39 is 0 Å². The highest BCUT2D eigenvalue weighted by Crippen LogP contribution is 2.25. The summed E-state index contributed by atoms with van der Waals surface area (Å²) in [6, 6.07) is 17.7. The van der Waals surface area contributed by atoms with Crippen LogP contribution in [0.5, 0.6) is 0 Å². The molecule has 1 N–H and O–H groups in total. The van der Waals surface area contributed by atoms with Crippen molar-refractivity contribution >= 4 is 34.6 Å². The number of hydrogen-bond acceptors (Lipinski definition) is 4. The van der Waals surface area contributed by atoms with Crippen molar-refractivity contribution < 1.29 is 9.59 Å². The molecule has 162 valence electrons. The van der Waals surface area contributed by atoms with E-state index in [0.29, 0.717) is 17.6 Å². The molecule has 0 spiro atoms. The monoisotopic (exact) mass is 436 g/mol. The van der Waals surface area contributed by atoms with Crippen LogP contribution in [0, 0.1) is 5.92 Å². The van der Waals surface area contributed by atoms with Crippen molar-refractivity contribution in [1.29, 1.82) is 0 Å². The minimum Gasteiger partial charge on any atom is -0.351 e. The van der Waals surface area contributed by atoms with Gasteiger partial charge in [-0.1, -0.05) is 61.2 Å². The highest BCUT2D eigenvalue weighted by molar-refractivity contribution is 7.99. The average Bonchev–Trinajstić information content (AvgIpc) is 3.14. The second-order valence-corrected chi connectivity index (χ2v) is 9.03. The van der Waals surface area contributed by atoms with Crippen molar-refractivity contribution in [2.75, 3.05) is 18.8 Å². The Kier molecular flexibility index (Phi) is 6.92. The van der Waals surface area contributed by atoms with Crippen LogP contribution in [0.15, 0.2) is 59.8 Å². The first-order chi connectivity index (χ1) is 15.1. The maximum absolute atomic E-state index is 13.0. The van der Waals surface area contributed by atoms with Gasteiger partial charge in [0, 0.05) is 19.6 Å². The number of aromatic nitrogens is 2. The molecule has 0 aliphatic carbocycles. The fourth-order valence-corrected chi connectivity index (χ4v) is 4.63. The number of amides is 2. The summed E-state index contributed by atoms with van der Waals surface area (Å²) in [5.74, 6) is 0.999. The highest BCUT2D eigenvalue weighted by atomic mass is 32.2. The molecule has 7 heteroatoms. The van der Waals surface area contributed by atoms with E-state index in [1.807, 2.05) is 64.1 Å². The van der Waals surface area contributed by atoms with Gasteiger partial charge in [-0.25, -0.2) is 4.98 Å². The van der Waals surface area contributed by atoms with E-state index in [1.54, 1.807) is 0 Å². The summed E-state index contributed by atoms with van der Waals surface area (Å²) in [5, 5.41) is 3.65. The number of piperidine rings is 1. The summed E-state index contributed by atoms with van der Waals surface area (Å²) < 4.78 is 1.95. The number of benzene rings is 2. The number of carbonyl (C=O) groups excluding carboxylic acids is 2. The van der Waals surface area contributed by atoms with Gasteiger partial charge in [0.15, 0.2) is 5.16 Å². The number of fused-ring (bicyclic) bond motifs is 1. The normalized spacial score (nSPS) is 14.7. The molecule has 0 radical (unpaired) electrons. The predicted molar refractivity (Wildman–Crippen MR) is 124 cm³/mol. The van der Waals surface area contributed by atoms with Crippen LogP contribution in [-0.2, 0) is 22.7 Å².